The Morgan fingerprint density at radius 1 is 1.55 bits per heavy atom. The minimum absolute atomic E-state index is 0.126. The first-order chi connectivity index (χ1) is 5.02. The molecule has 0 N–H and O–H groups in total. The second-order valence-electron chi connectivity index (χ2n) is 3.37. The van der Waals surface area contributed by atoms with Gasteiger partial charge in [0.2, 0.25) is 0 Å². The quantitative estimate of drug-likeness (QED) is 0.540. The van der Waals surface area contributed by atoms with Crippen molar-refractivity contribution in [2.45, 2.75) is 26.7 Å². The van der Waals surface area contributed by atoms with Crippen molar-refractivity contribution in [3.63, 3.8) is 0 Å². The summed E-state index contributed by atoms with van der Waals surface area (Å²) in [4.78, 5) is 10.7. The first kappa shape index (κ1) is 11.0. The number of carbonyl (C=O) groups excluding carboxylic acids is 1. The highest BCUT2D eigenvalue weighted by Crippen LogP contribution is 2.24. The van der Waals surface area contributed by atoms with E-state index in [2.05, 4.69) is 34.5 Å². The number of ether oxygens (including phenoxy) is 1. The van der Waals surface area contributed by atoms with Gasteiger partial charge in [0.25, 0.3) is 0 Å². The summed E-state index contributed by atoms with van der Waals surface area (Å²) in [5, 5.41) is 0.914. The molecule has 0 aliphatic heterocycles. The molecule has 0 aromatic carbocycles. The van der Waals surface area contributed by atoms with Gasteiger partial charge in [-0.25, -0.2) is 0 Å². The number of hydrogen-bond acceptors (Lipinski definition) is 2. The third kappa shape index (κ3) is 5.24. The van der Waals surface area contributed by atoms with Crippen LogP contribution in [0.15, 0.2) is 0 Å². The Balaban J connectivity index is 3.61. The summed E-state index contributed by atoms with van der Waals surface area (Å²) in [6.45, 7) is 4.23. The molecule has 0 fully saturated rings. The molecule has 3 heteroatoms. The highest BCUT2D eigenvalue weighted by molar-refractivity contribution is 9.09. The van der Waals surface area contributed by atoms with Crippen molar-refractivity contribution in [3.8, 4) is 0 Å². The van der Waals surface area contributed by atoms with Gasteiger partial charge in [-0.2, -0.15) is 0 Å². The van der Waals surface area contributed by atoms with Crippen LogP contribution in [0, 0.1) is 5.41 Å². The normalized spacial score (nSPS) is 11.3. The molecule has 0 aliphatic carbocycles. The van der Waals surface area contributed by atoms with E-state index in [1.165, 1.54) is 7.11 Å². The lowest BCUT2D eigenvalue weighted by Gasteiger charge is -2.20. The van der Waals surface area contributed by atoms with E-state index in [1.54, 1.807) is 0 Å². The molecule has 11 heavy (non-hydrogen) atoms. The molecule has 0 aliphatic rings. The van der Waals surface area contributed by atoms with Crippen LogP contribution in [0.4, 0.5) is 0 Å². The highest BCUT2D eigenvalue weighted by atomic mass is 79.9. The van der Waals surface area contributed by atoms with Crippen LogP contribution in [0.3, 0.4) is 0 Å². The Bertz CT molecular complexity index is 132. The largest absolute Gasteiger partial charge is 0.469 e. The van der Waals surface area contributed by atoms with Gasteiger partial charge in [0.05, 0.1) is 7.11 Å². The minimum atomic E-state index is -0.126. The minimum Gasteiger partial charge on any atom is -0.469 e. The van der Waals surface area contributed by atoms with E-state index >= 15 is 0 Å². The number of hydrogen-bond donors (Lipinski definition) is 0. The Morgan fingerprint density at radius 3 is 2.45 bits per heavy atom. The summed E-state index contributed by atoms with van der Waals surface area (Å²) in [6, 6.07) is 0. The van der Waals surface area contributed by atoms with Crippen LogP contribution in [0.25, 0.3) is 0 Å². The molecule has 0 bridgehead atoms. The molecular weight excluding hydrogens is 208 g/mol. The highest BCUT2D eigenvalue weighted by Gasteiger charge is 2.17. The van der Waals surface area contributed by atoms with E-state index in [0.717, 1.165) is 11.8 Å². The predicted octanol–water partition coefficient (Wildman–Crippen LogP) is 2.36. The van der Waals surface area contributed by atoms with Crippen LogP contribution in [-0.2, 0) is 9.53 Å². The Kier molecular flexibility index (Phi) is 4.73. The van der Waals surface area contributed by atoms with Crippen molar-refractivity contribution in [2.75, 3.05) is 12.4 Å². The van der Waals surface area contributed by atoms with Gasteiger partial charge in [-0.3, -0.25) is 4.79 Å². The molecule has 0 atom stereocenters. The van der Waals surface area contributed by atoms with Gasteiger partial charge in [0.15, 0.2) is 0 Å². The van der Waals surface area contributed by atoms with Gasteiger partial charge in [0.1, 0.15) is 0 Å². The first-order valence-corrected chi connectivity index (χ1v) is 4.77. The number of alkyl halides is 1. The lowest BCUT2D eigenvalue weighted by molar-refractivity contribution is -0.141. The fraction of sp³-hybridized carbons (Fsp3) is 0.875. The molecule has 2 nitrogen and oxygen atoms in total. The SMILES string of the molecule is COC(=O)CCC(C)(C)CBr. The van der Waals surface area contributed by atoms with E-state index in [1.807, 2.05) is 0 Å². The lowest BCUT2D eigenvalue weighted by atomic mass is 9.90. The fourth-order valence-corrected chi connectivity index (χ4v) is 0.890. The number of carbonyl (C=O) groups is 1. The average molecular weight is 223 g/mol. The molecular formula is C8H15BrO2. The van der Waals surface area contributed by atoms with Crippen molar-refractivity contribution in [2.24, 2.45) is 5.41 Å². The van der Waals surface area contributed by atoms with Crippen LogP contribution >= 0.6 is 15.9 Å². The van der Waals surface area contributed by atoms with Gasteiger partial charge in [-0.15, -0.1) is 0 Å². The van der Waals surface area contributed by atoms with Crippen molar-refractivity contribution in [3.05, 3.63) is 0 Å². The van der Waals surface area contributed by atoms with E-state index in [-0.39, 0.29) is 11.4 Å². The van der Waals surface area contributed by atoms with Gasteiger partial charge in [-0.1, -0.05) is 29.8 Å². The molecule has 0 heterocycles. The first-order valence-electron chi connectivity index (χ1n) is 3.64. The molecule has 66 valence electrons. The third-order valence-electron chi connectivity index (χ3n) is 1.60. The van der Waals surface area contributed by atoms with Gasteiger partial charge < -0.3 is 4.74 Å². The molecule has 0 rings (SSSR count). The maximum Gasteiger partial charge on any atom is 0.305 e. The molecule has 0 saturated carbocycles. The van der Waals surface area contributed by atoms with Crippen LogP contribution < -0.4 is 0 Å². The zero-order chi connectivity index (χ0) is 8.91. The third-order valence-corrected chi connectivity index (χ3v) is 3.11. The maximum atomic E-state index is 10.7. The molecule has 0 radical (unpaired) electrons. The summed E-state index contributed by atoms with van der Waals surface area (Å²) >= 11 is 3.39. The second kappa shape index (κ2) is 4.75. The summed E-state index contributed by atoms with van der Waals surface area (Å²) < 4.78 is 4.54. The summed E-state index contributed by atoms with van der Waals surface area (Å²) in [6.07, 6.45) is 1.38. The molecule has 0 spiro atoms. The summed E-state index contributed by atoms with van der Waals surface area (Å²) in [5.74, 6) is -0.126. The van der Waals surface area contributed by atoms with Crippen molar-refractivity contribution in [1.82, 2.24) is 0 Å². The van der Waals surface area contributed by atoms with Gasteiger partial charge in [0, 0.05) is 11.8 Å². The number of rotatable bonds is 4. The summed E-state index contributed by atoms with van der Waals surface area (Å²) in [5.41, 5.74) is 0.189. The molecule has 0 saturated heterocycles. The lowest BCUT2D eigenvalue weighted by Crippen LogP contribution is -2.15. The standard InChI is InChI=1S/C8H15BrO2/c1-8(2,6-9)5-4-7(10)11-3/h4-6H2,1-3H3. The molecule has 0 aromatic heterocycles. The second-order valence-corrected chi connectivity index (χ2v) is 3.93. The van der Waals surface area contributed by atoms with Crippen LogP contribution in [-0.4, -0.2) is 18.4 Å². The van der Waals surface area contributed by atoms with Crippen molar-refractivity contribution < 1.29 is 9.53 Å². The number of esters is 1. The van der Waals surface area contributed by atoms with Crippen molar-refractivity contribution >= 4 is 21.9 Å². The molecule has 0 unspecified atom stereocenters. The van der Waals surface area contributed by atoms with Crippen LogP contribution in [0.2, 0.25) is 0 Å². The zero-order valence-electron chi connectivity index (χ0n) is 7.32. The average Bonchev–Trinajstić information content (AvgIpc) is 2.00. The zero-order valence-corrected chi connectivity index (χ0v) is 8.90. The van der Waals surface area contributed by atoms with E-state index in [0.29, 0.717) is 6.42 Å². The van der Waals surface area contributed by atoms with Crippen molar-refractivity contribution in [1.29, 1.82) is 0 Å². The predicted molar refractivity (Wildman–Crippen MR) is 48.8 cm³/mol. The number of methoxy groups -OCH3 is 1. The smallest absolute Gasteiger partial charge is 0.305 e. The Morgan fingerprint density at radius 2 is 2.09 bits per heavy atom. The topological polar surface area (TPSA) is 26.3 Å². The molecule has 0 aromatic rings. The monoisotopic (exact) mass is 222 g/mol. The maximum absolute atomic E-state index is 10.7. The van der Waals surface area contributed by atoms with Crippen LogP contribution in [0.1, 0.15) is 26.7 Å². The van der Waals surface area contributed by atoms with E-state index < -0.39 is 0 Å². The Labute approximate surface area is 76.4 Å². The molecule has 0 amide bonds. The Hall–Kier alpha value is -0.0500. The van der Waals surface area contributed by atoms with E-state index in [9.17, 15) is 4.79 Å². The number of halogens is 1. The fourth-order valence-electron chi connectivity index (χ4n) is 0.609. The van der Waals surface area contributed by atoms with Gasteiger partial charge in [-0.05, 0) is 11.8 Å². The van der Waals surface area contributed by atoms with E-state index in [4.69, 9.17) is 0 Å². The van der Waals surface area contributed by atoms with Crippen LogP contribution in [0.5, 0.6) is 0 Å². The summed E-state index contributed by atoms with van der Waals surface area (Å²) in [7, 11) is 1.42. The van der Waals surface area contributed by atoms with Gasteiger partial charge >= 0.3 is 5.97 Å².